The highest BCUT2D eigenvalue weighted by atomic mass is 15.1. The molecule has 0 aliphatic heterocycles. The summed E-state index contributed by atoms with van der Waals surface area (Å²) in [6.07, 6.45) is 0. The summed E-state index contributed by atoms with van der Waals surface area (Å²) in [5.41, 5.74) is 11.7. The molecule has 0 aliphatic carbocycles. The average molecular weight is 663 g/mol. The Morgan fingerprint density at radius 1 is 0.346 bits per heavy atom. The second-order valence-corrected chi connectivity index (χ2v) is 13.4. The maximum atomic E-state index is 2.46. The van der Waals surface area contributed by atoms with Crippen molar-refractivity contribution < 1.29 is 0 Å². The highest BCUT2D eigenvalue weighted by Gasteiger charge is 2.24. The summed E-state index contributed by atoms with van der Waals surface area (Å²) in [7, 11) is 0. The Morgan fingerprint density at radius 3 is 1.67 bits per heavy atom. The highest BCUT2D eigenvalue weighted by molar-refractivity contribution is 6.25. The molecule has 0 unspecified atom stereocenters. The Balaban J connectivity index is 1.30. The van der Waals surface area contributed by atoms with Crippen LogP contribution in [0, 0.1) is 0 Å². The monoisotopic (exact) mass is 662 g/mol. The molecular formula is C50H34N2. The molecule has 2 heteroatoms. The van der Waals surface area contributed by atoms with Crippen molar-refractivity contribution in [2.75, 3.05) is 4.90 Å². The standard InChI is InChI=1S/C50H34N2/c1-4-14-35(15-5-1)37-26-29-44(30-27-37)51(42-19-6-2-7-20-42)48-34-41-18-12-13-23-45(41)50-49(48)46-33-40(39-25-24-36-16-10-11-17-38(36)32-39)28-31-47(46)52(50)43-21-8-3-9-22-43/h1-34H. The number of hydrogen-bond acceptors (Lipinski definition) is 1. The quantitative estimate of drug-likeness (QED) is 0.172. The smallest absolute Gasteiger partial charge is 0.0640 e. The zero-order valence-corrected chi connectivity index (χ0v) is 28.5. The zero-order valence-electron chi connectivity index (χ0n) is 28.5. The maximum absolute atomic E-state index is 2.46. The molecule has 1 heterocycles. The lowest BCUT2D eigenvalue weighted by Crippen LogP contribution is -2.10. The first-order valence-corrected chi connectivity index (χ1v) is 17.9. The van der Waals surface area contributed by atoms with Gasteiger partial charge in [-0.3, -0.25) is 0 Å². The van der Waals surface area contributed by atoms with Gasteiger partial charge < -0.3 is 9.47 Å². The van der Waals surface area contributed by atoms with Crippen molar-refractivity contribution in [1.82, 2.24) is 4.57 Å². The van der Waals surface area contributed by atoms with Gasteiger partial charge in [-0.15, -0.1) is 0 Å². The first-order valence-electron chi connectivity index (χ1n) is 17.9. The van der Waals surface area contributed by atoms with Crippen molar-refractivity contribution in [1.29, 1.82) is 0 Å². The van der Waals surface area contributed by atoms with Gasteiger partial charge in [0.15, 0.2) is 0 Å². The number of anilines is 3. The first kappa shape index (κ1) is 30.0. The Bertz CT molecular complexity index is 2870. The van der Waals surface area contributed by atoms with E-state index >= 15 is 0 Å². The van der Waals surface area contributed by atoms with Gasteiger partial charge in [-0.1, -0.05) is 146 Å². The van der Waals surface area contributed by atoms with Crippen LogP contribution in [0.25, 0.3) is 71.3 Å². The van der Waals surface area contributed by atoms with Crippen LogP contribution in [-0.2, 0) is 0 Å². The van der Waals surface area contributed by atoms with Crippen molar-refractivity contribution >= 4 is 60.4 Å². The highest BCUT2D eigenvalue weighted by Crippen LogP contribution is 2.47. The molecule has 0 fully saturated rings. The molecule has 10 rings (SSSR count). The van der Waals surface area contributed by atoms with E-state index in [1.807, 2.05) is 0 Å². The number of para-hydroxylation sites is 2. The van der Waals surface area contributed by atoms with E-state index in [2.05, 4.69) is 216 Å². The predicted octanol–water partition coefficient (Wildman–Crippen LogP) is 13.9. The zero-order chi connectivity index (χ0) is 34.4. The minimum absolute atomic E-state index is 1.11. The number of hydrogen-bond donors (Lipinski definition) is 0. The van der Waals surface area contributed by atoms with Gasteiger partial charge in [0.1, 0.15) is 0 Å². The molecule has 0 saturated heterocycles. The van der Waals surface area contributed by atoms with E-state index in [-0.39, 0.29) is 0 Å². The molecule has 0 N–H and O–H groups in total. The normalized spacial score (nSPS) is 11.5. The third kappa shape index (κ3) is 5.04. The van der Waals surface area contributed by atoms with Gasteiger partial charge in [0.25, 0.3) is 0 Å². The van der Waals surface area contributed by atoms with Crippen molar-refractivity contribution in [3.8, 4) is 27.9 Å². The number of fused-ring (bicyclic) bond motifs is 6. The van der Waals surface area contributed by atoms with Gasteiger partial charge in [0.05, 0.1) is 16.7 Å². The Kier molecular flexibility index (Phi) is 7.18. The molecule has 1 aromatic heterocycles. The molecule has 0 spiro atoms. The SMILES string of the molecule is c1ccc(-c2ccc(N(c3ccccc3)c3cc4ccccc4c4c3c3cc(-c5ccc6ccccc6c5)ccc3n4-c3ccccc3)cc2)cc1. The van der Waals surface area contributed by atoms with E-state index in [9.17, 15) is 0 Å². The summed E-state index contributed by atoms with van der Waals surface area (Å²) >= 11 is 0. The van der Waals surface area contributed by atoms with E-state index in [0.29, 0.717) is 0 Å². The van der Waals surface area contributed by atoms with E-state index in [1.54, 1.807) is 0 Å². The second-order valence-electron chi connectivity index (χ2n) is 13.4. The summed E-state index contributed by atoms with van der Waals surface area (Å²) in [6, 6.07) is 74.7. The van der Waals surface area contributed by atoms with Crippen LogP contribution in [0.5, 0.6) is 0 Å². The van der Waals surface area contributed by atoms with Crippen molar-refractivity contribution in [2.45, 2.75) is 0 Å². The van der Waals surface area contributed by atoms with Gasteiger partial charge in [0, 0.05) is 33.2 Å². The summed E-state index contributed by atoms with van der Waals surface area (Å²) in [6.45, 7) is 0. The van der Waals surface area contributed by atoms with Gasteiger partial charge in [0.2, 0.25) is 0 Å². The molecule has 2 nitrogen and oxygen atoms in total. The lowest BCUT2D eigenvalue weighted by molar-refractivity contribution is 1.19. The molecule has 9 aromatic carbocycles. The van der Waals surface area contributed by atoms with Crippen LogP contribution < -0.4 is 4.90 Å². The van der Waals surface area contributed by atoms with Crippen LogP contribution >= 0.6 is 0 Å². The molecule has 0 aliphatic rings. The van der Waals surface area contributed by atoms with E-state index in [0.717, 1.165) is 22.7 Å². The number of nitrogens with zero attached hydrogens (tertiary/aromatic N) is 2. The maximum Gasteiger partial charge on any atom is 0.0640 e. The lowest BCUT2D eigenvalue weighted by atomic mass is 9.98. The number of rotatable bonds is 6. The Morgan fingerprint density at radius 2 is 0.904 bits per heavy atom. The molecule has 0 bridgehead atoms. The Hall–Kier alpha value is -6.90. The summed E-state index contributed by atoms with van der Waals surface area (Å²) < 4.78 is 2.46. The van der Waals surface area contributed by atoms with Crippen LogP contribution in [0.3, 0.4) is 0 Å². The second kappa shape index (κ2) is 12.5. The summed E-state index contributed by atoms with van der Waals surface area (Å²) in [5, 5.41) is 7.34. The fraction of sp³-hybridized carbons (Fsp3) is 0. The van der Waals surface area contributed by atoms with Gasteiger partial charge >= 0.3 is 0 Å². The third-order valence-electron chi connectivity index (χ3n) is 10.3. The first-order chi connectivity index (χ1) is 25.8. The predicted molar refractivity (Wildman–Crippen MR) is 221 cm³/mol. The van der Waals surface area contributed by atoms with Gasteiger partial charge in [-0.25, -0.2) is 0 Å². The number of aromatic nitrogens is 1. The van der Waals surface area contributed by atoms with Crippen LogP contribution in [0.15, 0.2) is 206 Å². The molecule has 10 aromatic rings. The molecule has 0 amide bonds. The Labute approximate surface area is 303 Å². The topological polar surface area (TPSA) is 8.17 Å². The molecular weight excluding hydrogens is 629 g/mol. The fourth-order valence-corrected chi connectivity index (χ4v) is 7.87. The molecule has 0 saturated carbocycles. The summed E-state index contributed by atoms with van der Waals surface area (Å²) in [4.78, 5) is 2.43. The largest absolute Gasteiger partial charge is 0.310 e. The van der Waals surface area contributed by atoms with E-state index in [4.69, 9.17) is 0 Å². The van der Waals surface area contributed by atoms with E-state index in [1.165, 1.54) is 65.6 Å². The molecule has 52 heavy (non-hydrogen) atoms. The van der Waals surface area contributed by atoms with Crippen molar-refractivity contribution in [3.63, 3.8) is 0 Å². The van der Waals surface area contributed by atoms with Crippen LogP contribution in [-0.4, -0.2) is 4.57 Å². The van der Waals surface area contributed by atoms with E-state index < -0.39 is 0 Å². The molecule has 0 radical (unpaired) electrons. The molecule has 244 valence electrons. The average Bonchev–Trinajstić information content (AvgIpc) is 3.57. The fourth-order valence-electron chi connectivity index (χ4n) is 7.87. The van der Waals surface area contributed by atoms with Crippen LogP contribution in [0.1, 0.15) is 0 Å². The molecule has 0 atom stereocenters. The minimum atomic E-state index is 1.11. The summed E-state index contributed by atoms with van der Waals surface area (Å²) in [5.74, 6) is 0. The minimum Gasteiger partial charge on any atom is -0.310 e. The number of benzene rings is 9. The van der Waals surface area contributed by atoms with Crippen LogP contribution in [0.4, 0.5) is 17.1 Å². The third-order valence-corrected chi connectivity index (χ3v) is 10.3. The lowest BCUT2D eigenvalue weighted by Gasteiger charge is -2.27. The van der Waals surface area contributed by atoms with Crippen molar-refractivity contribution in [2.24, 2.45) is 0 Å². The van der Waals surface area contributed by atoms with Gasteiger partial charge in [-0.05, 0) is 99.1 Å². The van der Waals surface area contributed by atoms with Crippen LogP contribution in [0.2, 0.25) is 0 Å². The van der Waals surface area contributed by atoms with Gasteiger partial charge in [-0.2, -0.15) is 0 Å². The van der Waals surface area contributed by atoms with Crippen molar-refractivity contribution in [3.05, 3.63) is 206 Å².